The van der Waals surface area contributed by atoms with E-state index in [1.54, 1.807) is 0 Å². The van der Waals surface area contributed by atoms with Crippen molar-refractivity contribution >= 4 is 17.6 Å². The summed E-state index contributed by atoms with van der Waals surface area (Å²) >= 11 is 0. The molecule has 1 aromatic rings. The Balaban J connectivity index is 1.92. The van der Waals surface area contributed by atoms with Crippen molar-refractivity contribution in [3.05, 3.63) is 21.5 Å². The average molecular weight is 336 g/mol. The molecule has 1 atom stereocenters. The van der Waals surface area contributed by atoms with Crippen molar-refractivity contribution in [3.63, 3.8) is 0 Å². The molecular weight excluding hydrogens is 316 g/mol. The Morgan fingerprint density at radius 3 is 2.50 bits per heavy atom. The van der Waals surface area contributed by atoms with E-state index >= 15 is 0 Å². The van der Waals surface area contributed by atoms with Crippen molar-refractivity contribution in [3.8, 4) is 0 Å². The van der Waals surface area contributed by atoms with Gasteiger partial charge in [-0.3, -0.25) is 19.6 Å². The van der Waals surface area contributed by atoms with Gasteiger partial charge in [0.25, 0.3) is 5.91 Å². The highest BCUT2D eigenvalue weighted by Crippen LogP contribution is 2.64. The van der Waals surface area contributed by atoms with Crippen LogP contribution in [0.3, 0.4) is 0 Å². The van der Waals surface area contributed by atoms with E-state index in [-0.39, 0.29) is 17.1 Å². The maximum absolute atomic E-state index is 12.7. The van der Waals surface area contributed by atoms with Crippen molar-refractivity contribution in [2.24, 2.45) is 12.5 Å². The van der Waals surface area contributed by atoms with E-state index in [4.69, 9.17) is 0 Å². The second-order valence-electron chi connectivity index (χ2n) is 6.85. The summed E-state index contributed by atoms with van der Waals surface area (Å²) in [7, 11) is 1.44. The third-order valence-corrected chi connectivity index (χ3v) is 5.47. The van der Waals surface area contributed by atoms with E-state index in [0.717, 1.165) is 36.8 Å². The van der Waals surface area contributed by atoms with Crippen LogP contribution in [0.5, 0.6) is 0 Å². The molecule has 2 aliphatic rings. The molecule has 2 N–H and O–H groups in total. The van der Waals surface area contributed by atoms with E-state index < -0.39 is 27.8 Å². The monoisotopic (exact) mass is 336 g/mol. The smallest absolute Gasteiger partial charge is 0.330 e. The lowest BCUT2D eigenvalue weighted by atomic mass is 9.82. The first-order valence-corrected chi connectivity index (χ1v) is 7.98. The number of nitrogens with one attached hydrogen (secondary N) is 1. The zero-order valence-corrected chi connectivity index (χ0v) is 13.7. The summed E-state index contributed by atoms with van der Waals surface area (Å²) in [5.41, 5.74) is -2.21. The minimum atomic E-state index is -1.32. The van der Waals surface area contributed by atoms with Crippen LogP contribution in [-0.4, -0.2) is 37.2 Å². The first kappa shape index (κ1) is 16.4. The molecule has 0 aromatic carbocycles. The van der Waals surface area contributed by atoms with Crippen LogP contribution in [0.15, 0.2) is 0 Å². The number of carbonyl (C=O) groups excluding carboxylic acids is 1. The highest BCUT2D eigenvalue weighted by Gasteiger charge is 2.72. The lowest BCUT2D eigenvalue weighted by Crippen LogP contribution is -2.48. The van der Waals surface area contributed by atoms with Crippen LogP contribution >= 0.6 is 0 Å². The van der Waals surface area contributed by atoms with Gasteiger partial charge >= 0.3 is 11.7 Å². The van der Waals surface area contributed by atoms with Gasteiger partial charge < -0.3 is 10.4 Å². The fourth-order valence-corrected chi connectivity index (χ4v) is 4.20. The summed E-state index contributed by atoms with van der Waals surface area (Å²) in [5.74, 6) is -1.83. The van der Waals surface area contributed by atoms with E-state index in [1.807, 2.05) is 0 Å². The van der Waals surface area contributed by atoms with Crippen LogP contribution in [-0.2, 0) is 11.8 Å². The molecule has 0 bridgehead atoms. The molecular formula is C15H20N4O5. The molecule has 1 unspecified atom stereocenters. The van der Waals surface area contributed by atoms with Gasteiger partial charge in [-0.25, -0.2) is 4.79 Å². The van der Waals surface area contributed by atoms with Crippen molar-refractivity contribution in [2.75, 3.05) is 0 Å². The number of amides is 1. The predicted octanol–water partition coefficient (Wildman–Crippen LogP) is 1.54. The van der Waals surface area contributed by atoms with Gasteiger partial charge in [0.1, 0.15) is 11.2 Å². The van der Waals surface area contributed by atoms with Gasteiger partial charge in [-0.2, -0.15) is 5.10 Å². The fraction of sp³-hybridized carbons (Fsp3) is 0.667. The number of rotatable bonds is 4. The highest BCUT2D eigenvalue weighted by atomic mass is 16.6. The molecule has 3 rings (SSSR count). The summed E-state index contributed by atoms with van der Waals surface area (Å²) < 4.78 is 1.13. The van der Waals surface area contributed by atoms with E-state index in [1.165, 1.54) is 14.0 Å². The number of hydrogen-bond acceptors (Lipinski definition) is 5. The Bertz CT molecular complexity index is 734. The van der Waals surface area contributed by atoms with Crippen LogP contribution in [0.2, 0.25) is 0 Å². The third-order valence-electron chi connectivity index (χ3n) is 5.47. The molecule has 24 heavy (non-hydrogen) atoms. The van der Waals surface area contributed by atoms with Crippen LogP contribution in [0.25, 0.3) is 0 Å². The zero-order chi connectivity index (χ0) is 17.7. The van der Waals surface area contributed by atoms with Gasteiger partial charge in [-0.05, 0) is 26.2 Å². The number of carboxylic acids is 1. The molecule has 0 radical (unpaired) electrons. The summed E-state index contributed by atoms with van der Waals surface area (Å²) in [6.07, 6.45) is 4.84. The molecule has 2 saturated carbocycles. The van der Waals surface area contributed by atoms with E-state index in [0.29, 0.717) is 6.42 Å². The fourth-order valence-electron chi connectivity index (χ4n) is 4.20. The van der Waals surface area contributed by atoms with Crippen molar-refractivity contribution in [2.45, 2.75) is 51.0 Å². The topological polar surface area (TPSA) is 127 Å². The largest absolute Gasteiger partial charge is 0.479 e. The number of aliphatic carboxylic acids is 1. The molecule has 2 fully saturated rings. The third kappa shape index (κ3) is 2.18. The summed E-state index contributed by atoms with van der Waals surface area (Å²) in [5, 5.41) is 27.4. The average Bonchev–Trinajstić information content (AvgIpc) is 2.97. The van der Waals surface area contributed by atoms with E-state index in [9.17, 15) is 24.8 Å². The molecule has 9 heteroatoms. The minimum Gasteiger partial charge on any atom is -0.479 e. The molecule has 130 valence electrons. The number of hydrogen-bond donors (Lipinski definition) is 2. The first-order valence-electron chi connectivity index (χ1n) is 7.98. The lowest BCUT2D eigenvalue weighted by Gasteiger charge is -2.27. The number of nitro groups is 1. The number of nitrogens with zero attached hydrogens (tertiary/aromatic N) is 3. The Labute approximate surface area is 138 Å². The molecule has 0 saturated heterocycles. The summed E-state index contributed by atoms with van der Waals surface area (Å²) in [6.45, 7) is 1.45. The second-order valence-corrected chi connectivity index (χ2v) is 6.85. The minimum absolute atomic E-state index is 0.125. The summed E-state index contributed by atoms with van der Waals surface area (Å²) in [4.78, 5) is 35.1. The maximum Gasteiger partial charge on any atom is 0.330 e. The number of aryl methyl sites for hydroxylation is 2. The molecule has 2 aliphatic carbocycles. The van der Waals surface area contributed by atoms with Gasteiger partial charge in [0.2, 0.25) is 5.69 Å². The Kier molecular flexibility index (Phi) is 3.61. The van der Waals surface area contributed by atoms with Gasteiger partial charge in [0, 0.05) is 12.5 Å². The van der Waals surface area contributed by atoms with Gasteiger partial charge in [0.15, 0.2) is 0 Å². The molecule has 1 amide bonds. The maximum atomic E-state index is 12.7. The Morgan fingerprint density at radius 2 is 1.96 bits per heavy atom. The van der Waals surface area contributed by atoms with Gasteiger partial charge in [-0.15, -0.1) is 0 Å². The first-order chi connectivity index (χ1) is 11.2. The molecule has 1 heterocycles. The number of carbonyl (C=O) groups is 2. The van der Waals surface area contributed by atoms with Crippen LogP contribution in [0.1, 0.15) is 54.7 Å². The number of aromatic nitrogens is 2. The molecule has 9 nitrogen and oxygen atoms in total. The predicted molar refractivity (Wildman–Crippen MR) is 82.6 cm³/mol. The van der Waals surface area contributed by atoms with Gasteiger partial charge in [-0.1, -0.05) is 19.3 Å². The second kappa shape index (κ2) is 5.29. The zero-order valence-electron chi connectivity index (χ0n) is 13.7. The Morgan fingerprint density at radius 1 is 1.33 bits per heavy atom. The van der Waals surface area contributed by atoms with Crippen molar-refractivity contribution in [1.82, 2.24) is 15.1 Å². The van der Waals surface area contributed by atoms with E-state index in [2.05, 4.69) is 10.4 Å². The van der Waals surface area contributed by atoms with Gasteiger partial charge in [0.05, 0.1) is 4.92 Å². The van der Waals surface area contributed by atoms with Crippen LogP contribution in [0, 0.1) is 22.5 Å². The number of carboxylic acid groups (broad SMARTS) is 1. The Hall–Kier alpha value is -2.45. The normalized spacial score (nSPS) is 24.6. The summed E-state index contributed by atoms with van der Waals surface area (Å²) in [6, 6.07) is 0. The molecule has 0 aliphatic heterocycles. The quantitative estimate of drug-likeness (QED) is 0.634. The standard InChI is InChI=1S/C15H20N4O5/c1-9-10(19(23)24)11(18(2)17-9)12(20)16-15(13(21)22)8-14(15)6-4-3-5-7-14/h3-8H2,1-2H3,(H,16,20)(H,21,22). The molecule has 1 aromatic heterocycles. The van der Waals surface area contributed by atoms with Crippen molar-refractivity contribution in [1.29, 1.82) is 0 Å². The van der Waals surface area contributed by atoms with Crippen LogP contribution in [0.4, 0.5) is 5.69 Å². The van der Waals surface area contributed by atoms with Crippen molar-refractivity contribution < 1.29 is 19.6 Å². The lowest BCUT2D eigenvalue weighted by molar-refractivity contribution is -0.385. The van der Waals surface area contributed by atoms with Crippen LogP contribution < -0.4 is 5.32 Å². The molecule has 1 spiro atoms. The highest BCUT2D eigenvalue weighted by molar-refractivity contribution is 6.01. The SMILES string of the molecule is Cc1nn(C)c(C(=O)NC2(C(=O)O)CC23CCCCC3)c1[N+](=O)[O-].